The lowest BCUT2D eigenvalue weighted by atomic mass is 9.96. The molecule has 2 rings (SSSR count). The largest absolute Gasteiger partial charge is 0.354 e. The maximum absolute atomic E-state index is 12.1. The van der Waals surface area contributed by atoms with Gasteiger partial charge in [0.15, 0.2) is 0 Å². The topological polar surface area (TPSA) is 55.1 Å². The first kappa shape index (κ1) is 14.5. The number of nitrogens with two attached hydrogens (primary N) is 1. The number of hydrogen-bond acceptors (Lipinski definition) is 2. The molecule has 3 nitrogen and oxygen atoms in total. The van der Waals surface area contributed by atoms with Gasteiger partial charge in [0, 0.05) is 12.6 Å². The van der Waals surface area contributed by atoms with E-state index in [0.29, 0.717) is 13.0 Å². The number of benzene rings is 2. The molecule has 0 saturated carbocycles. The van der Waals surface area contributed by atoms with Gasteiger partial charge in [0.05, 0.1) is 5.92 Å². The standard InChI is InChI=1S/C17H22N2O/c1-12(2)19-17(20)16(11-18)10-13-7-8-14-5-3-4-6-15(14)9-13/h3-9,12,16H,10-11,18H2,1-2H3,(H,19,20). The first-order chi connectivity index (χ1) is 9.60. The van der Waals surface area contributed by atoms with Crippen molar-refractivity contribution in [3.63, 3.8) is 0 Å². The Morgan fingerprint density at radius 1 is 1.15 bits per heavy atom. The first-order valence-electron chi connectivity index (χ1n) is 7.08. The molecule has 1 unspecified atom stereocenters. The van der Waals surface area contributed by atoms with E-state index in [2.05, 4.69) is 35.6 Å². The van der Waals surface area contributed by atoms with Crippen molar-refractivity contribution in [3.05, 3.63) is 48.0 Å². The molecule has 3 N–H and O–H groups in total. The summed E-state index contributed by atoms with van der Waals surface area (Å²) >= 11 is 0. The summed E-state index contributed by atoms with van der Waals surface area (Å²) in [5, 5.41) is 5.35. The van der Waals surface area contributed by atoms with Crippen LogP contribution in [0.15, 0.2) is 42.5 Å². The van der Waals surface area contributed by atoms with Crippen LogP contribution in [0.2, 0.25) is 0 Å². The maximum Gasteiger partial charge on any atom is 0.224 e. The smallest absolute Gasteiger partial charge is 0.224 e. The van der Waals surface area contributed by atoms with Crippen LogP contribution in [0.4, 0.5) is 0 Å². The third-order valence-corrected chi connectivity index (χ3v) is 3.38. The Balaban J connectivity index is 2.14. The van der Waals surface area contributed by atoms with Crippen molar-refractivity contribution in [1.82, 2.24) is 5.32 Å². The van der Waals surface area contributed by atoms with Crippen LogP contribution in [0.1, 0.15) is 19.4 Å². The molecule has 2 aromatic carbocycles. The van der Waals surface area contributed by atoms with Crippen molar-refractivity contribution in [2.45, 2.75) is 26.3 Å². The van der Waals surface area contributed by atoms with Crippen LogP contribution >= 0.6 is 0 Å². The van der Waals surface area contributed by atoms with Crippen LogP contribution in [0.5, 0.6) is 0 Å². The minimum atomic E-state index is -0.168. The average Bonchev–Trinajstić information content (AvgIpc) is 2.43. The van der Waals surface area contributed by atoms with Gasteiger partial charge in [-0.25, -0.2) is 0 Å². The third kappa shape index (κ3) is 3.58. The fourth-order valence-corrected chi connectivity index (χ4v) is 2.34. The van der Waals surface area contributed by atoms with Crippen LogP contribution < -0.4 is 11.1 Å². The fraction of sp³-hybridized carbons (Fsp3) is 0.353. The van der Waals surface area contributed by atoms with E-state index in [1.54, 1.807) is 0 Å². The van der Waals surface area contributed by atoms with Crippen molar-refractivity contribution >= 4 is 16.7 Å². The Hall–Kier alpha value is -1.87. The summed E-state index contributed by atoms with van der Waals surface area (Å²) in [5.74, 6) is -0.130. The Bertz CT molecular complexity index is 592. The fourth-order valence-electron chi connectivity index (χ4n) is 2.34. The van der Waals surface area contributed by atoms with Crippen LogP contribution in [-0.4, -0.2) is 18.5 Å². The second kappa shape index (κ2) is 6.53. The number of amides is 1. The zero-order valence-corrected chi connectivity index (χ0v) is 12.1. The number of carbonyl (C=O) groups excluding carboxylic acids is 1. The van der Waals surface area contributed by atoms with Gasteiger partial charge >= 0.3 is 0 Å². The van der Waals surface area contributed by atoms with Gasteiger partial charge in [0.25, 0.3) is 0 Å². The summed E-state index contributed by atoms with van der Waals surface area (Å²) in [7, 11) is 0. The number of hydrogen-bond donors (Lipinski definition) is 2. The van der Waals surface area contributed by atoms with Crippen molar-refractivity contribution in [1.29, 1.82) is 0 Å². The molecule has 1 atom stereocenters. The second-order valence-electron chi connectivity index (χ2n) is 5.48. The number of nitrogens with one attached hydrogen (secondary N) is 1. The monoisotopic (exact) mass is 270 g/mol. The van der Waals surface area contributed by atoms with Crippen LogP contribution in [0, 0.1) is 5.92 Å². The predicted octanol–water partition coefficient (Wildman–Crippen LogP) is 2.48. The van der Waals surface area contributed by atoms with Gasteiger partial charge < -0.3 is 11.1 Å². The van der Waals surface area contributed by atoms with Gasteiger partial charge in [0.1, 0.15) is 0 Å². The lowest BCUT2D eigenvalue weighted by Gasteiger charge is -2.17. The molecular weight excluding hydrogens is 248 g/mol. The van der Waals surface area contributed by atoms with E-state index in [9.17, 15) is 4.79 Å². The number of fused-ring (bicyclic) bond motifs is 1. The van der Waals surface area contributed by atoms with Gasteiger partial charge in [-0.2, -0.15) is 0 Å². The number of carbonyl (C=O) groups is 1. The van der Waals surface area contributed by atoms with E-state index in [1.807, 2.05) is 26.0 Å². The molecule has 0 heterocycles. The molecule has 0 bridgehead atoms. The van der Waals surface area contributed by atoms with Gasteiger partial charge in [-0.05, 0) is 36.6 Å². The first-order valence-corrected chi connectivity index (χ1v) is 7.08. The van der Waals surface area contributed by atoms with Crippen LogP contribution in [0.25, 0.3) is 10.8 Å². The summed E-state index contributed by atoms with van der Waals surface area (Å²) in [6.07, 6.45) is 0.680. The molecule has 0 aliphatic rings. The maximum atomic E-state index is 12.1. The van der Waals surface area contributed by atoms with Crippen LogP contribution in [0.3, 0.4) is 0 Å². The summed E-state index contributed by atoms with van der Waals surface area (Å²) in [6.45, 7) is 4.29. The van der Waals surface area contributed by atoms with Crippen molar-refractivity contribution in [3.8, 4) is 0 Å². The average molecular weight is 270 g/mol. The van der Waals surface area contributed by atoms with E-state index in [0.717, 1.165) is 5.56 Å². The normalized spacial score (nSPS) is 12.6. The molecular formula is C17H22N2O. The predicted molar refractivity (Wildman–Crippen MR) is 83.5 cm³/mol. The Morgan fingerprint density at radius 2 is 1.85 bits per heavy atom. The molecule has 1 amide bonds. The van der Waals surface area contributed by atoms with Crippen LogP contribution in [-0.2, 0) is 11.2 Å². The van der Waals surface area contributed by atoms with E-state index < -0.39 is 0 Å². The quantitative estimate of drug-likeness (QED) is 0.877. The molecule has 0 aliphatic heterocycles. The zero-order valence-electron chi connectivity index (χ0n) is 12.1. The number of rotatable bonds is 5. The molecule has 106 valence electrons. The highest BCUT2D eigenvalue weighted by molar-refractivity contribution is 5.83. The van der Waals surface area contributed by atoms with Gasteiger partial charge in [-0.1, -0.05) is 42.5 Å². The molecule has 2 aromatic rings. The van der Waals surface area contributed by atoms with E-state index in [4.69, 9.17) is 5.73 Å². The zero-order chi connectivity index (χ0) is 14.5. The van der Waals surface area contributed by atoms with Gasteiger partial charge in [0.2, 0.25) is 5.91 Å². The highest BCUT2D eigenvalue weighted by Crippen LogP contribution is 2.18. The van der Waals surface area contributed by atoms with Gasteiger partial charge in [-0.15, -0.1) is 0 Å². The molecule has 20 heavy (non-hydrogen) atoms. The summed E-state index contributed by atoms with van der Waals surface area (Å²) in [6, 6.07) is 14.7. The van der Waals surface area contributed by atoms with E-state index in [1.165, 1.54) is 10.8 Å². The lowest BCUT2D eigenvalue weighted by molar-refractivity contribution is -0.125. The molecule has 3 heteroatoms. The molecule has 0 saturated heterocycles. The Morgan fingerprint density at radius 3 is 2.50 bits per heavy atom. The van der Waals surface area contributed by atoms with E-state index >= 15 is 0 Å². The highest BCUT2D eigenvalue weighted by atomic mass is 16.1. The Labute approximate surface area is 120 Å². The third-order valence-electron chi connectivity index (χ3n) is 3.38. The van der Waals surface area contributed by atoms with Gasteiger partial charge in [-0.3, -0.25) is 4.79 Å². The van der Waals surface area contributed by atoms with Crippen molar-refractivity contribution in [2.75, 3.05) is 6.54 Å². The summed E-state index contributed by atoms with van der Waals surface area (Å²) in [4.78, 5) is 12.1. The SMILES string of the molecule is CC(C)NC(=O)C(CN)Cc1ccc2ccccc2c1. The second-order valence-corrected chi connectivity index (χ2v) is 5.48. The van der Waals surface area contributed by atoms with Crippen molar-refractivity contribution < 1.29 is 4.79 Å². The minimum absolute atomic E-state index is 0.0376. The summed E-state index contributed by atoms with van der Waals surface area (Å²) < 4.78 is 0. The van der Waals surface area contributed by atoms with Crippen molar-refractivity contribution in [2.24, 2.45) is 11.7 Å². The molecule has 0 fully saturated rings. The molecule has 0 aliphatic carbocycles. The molecule has 0 aromatic heterocycles. The lowest BCUT2D eigenvalue weighted by Crippen LogP contribution is -2.39. The van der Waals surface area contributed by atoms with E-state index in [-0.39, 0.29) is 17.9 Å². The molecule has 0 spiro atoms. The highest BCUT2D eigenvalue weighted by Gasteiger charge is 2.17. The Kier molecular flexibility index (Phi) is 4.74. The molecule has 0 radical (unpaired) electrons. The summed E-state index contributed by atoms with van der Waals surface area (Å²) in [5.41, 5.74) is 6.90. The minimum Gasteiger partial charge on any atom is -0.354 e.